The van der Waals surface area contributed by atoms with Crippen molar-refractivity contribution < 1.29 is 4.79 Å². The second-order valence-electron chi connectivity index (χ2n) is 7.05. The van der Waals surface area contributed by atoms with E-state index in [9.17, 15) is 10.1 Å². The van der Waals surface area contributed by atoms with Crippen molar-refractivity contribution in [2.75, 3.05) is 10.6 Å². The summed E-state index contributed by atoms with van der Waals surface area (Å²) in [5, 5.41) is 16.6. The van der Waals surface area contributed by atoms with Gasteiger partial charge in [0.25, 0.3) is 0 Å². The third-order valence-corrected chi connectivity index (χ3v) is 6.12. The predicted molar refractivity (Wildman–Crippen MR) is 108 cm³/mol. The Balaban J connectivity index is 1.74. The normalized spacial score (nSPS) is 14.7. The van der Waals surface area contributed by atoms with Crippen LogP contribution in [0.25, 0.3) is 0 Å². The lowest BCUT2D eigenvalue weighted by Crippen LogP contribution is -2.32. The maximum Gasteiger partial charge on any atom is 0.247 e. The Bertz CT molecular complexity index is 863. The van der Waals surface area contributed by atoms with Crippen LogP contribution in [-0.2, 0) is 17.6 Å². The highest BCUT2D eigenvalue weighted by Crippen LogP contribution is 2.37. The molecule has 1 aromatic carbocycles. The van der Waals surface area contributed by atoms with Crippen LogP contribution in [0, 0.1) is 25.2 Å². The molecule has 1 aromatic heterocycles. The van der Waals surface area contributed by atoms with E-state index in [1.165, 1.54) is 16.9 Å². The molecule has 0 bridgehead atoms. The van der Waals surface area contributed by atoms with Crippen LogP contribution in [0.3, 0.4) is 0 Å². The molecule has 0 spiro atoms. The number of hydrogen-bond donors (Lipinski definition) is 2. The number of nitrogens with zero attached hydrogens (tertiary/aromatic N) is 1. The summed E-state index contributed by atoms with van der Waals surface area (Å²) >= 11 is 1.57. The standard InChI is InChI=1S/C21H25N3OS/c1-13-9-10-18(14(2)11-13)23-15(3)20(25)24-21-17(12-22)16-7-5-4-6-8-19(16)26-21/h9-11,15,23H,4-8H2,1-3H3,(H,24,25)/t15-/m1/s1. The van der Waals surface area contributed by atoms with E-state index in [0.29, 0.717) is 10.6 Å². The van der Waals surface area contributed by atoms with Crippen molar-refractivity contribution >= 4 is 27.9 Å². The molecule has 3 rings (SSSR count). The molecule has 5 heteroatoms. The predicted octanol–water partition coefficient (Wildman–Crippen LogP) is 4.94. The second-order valence-corrected chi connectivity index (χ2v) is 8.16. The van der Waals surface area contributed by atoms with Gasteiger partial charge < -0.3 is 10.6 Å². The summed E-state index contributed by atoms with van der Waals surface area (Å²) in [6, 6.07) is 8.06. The van der Waals surface area contributed by atoms with E-state index in [1.807, 2.05) is 26.0 Å². The van der Waals surface area contributed by atoms with Crippen molar-refractivity contribution in [2.24, 2.45) is 0 Å². The van der Waals surface area contributed by atoms with Crippen LogP contribution in [0.15, 0.2) is 18.2 Å². The molecule has 0 fully saturated rings. The summed E-state index contributed by atoms with van der Waals surface area (Å²) < 4.78 is 0. The van der Waals surface area contributed by atoms with Crippen LogP contribution >= 0.6 is 11.3 Å². The van der Waals surface area contributed by atoms with Crippen LogP contribution < -0.4 is 10.6 Å². The Labute approximate surface area is 159 Å². The first-order chi connectivity index (χ1) is 12.5. The molecular formula is C21H25N3OS. The van der Waals surface area contributed by atoms with E-state index in [-0.39, 0.29) is 11.9 Å². The number of nitrogens with one attached hydrogen (secondary N) is 2. The summed E-state index contributed by atoms with van der Waals surface area (Å²) in [7, 11) is 0. The molecule has 136 valence electrons. The Kier molecular flexibility index (Phi) is 5.63. The fraction of sp³-hybridized carbons (Fsp3) is 0.429. The van der Waals surface area contributed by atoms with Gasteiger partial charge in [-0.15, -0.1) is 11.3 Å². The van der Waals surface area contributed by atoms with Gasteiger partial charge in [0.1, 0.15) is 17.1 Å². The highest BCUT2D eigenvalue weighted by molar-refractivity contribution is 7.16. The first-order valence-corrected chi connectivity index (χ1v) is 10.0. The van der Waals surface area contributed by atoms with Crippen LogP contribution in [0.5, 0.6) is 0 Å². The maximum atomic E-state index is 12.7. The van der Waals surface area contributed by atoms with Crippen molar-refractivity contribution in [1.82, 2.24) is 0 Å². The van der Waals surface area contributed by atoms with Crippen molar-refractivity contribution in [3.63, 3.8) is 0 Å². The van der Waals surface area contributed by atoms with Crippen molar-refractivity contribution in [3.05, 3.63) is 45.3 Å². The topological polar surface area (TPSA) is 64.9 Å². The number of benzene rings is 1. The molecule has 0 aliphatic heterocycles. The van der Waals surface area contributed by atoms with E-state index in [1.54, 1.807) is 11.3 Å². The molecule has 26 heavy (non-hydrogen) atoms. The summed E-state index contributed by atoms with van der Waals surface area (Å²) in [5.74, 6) is -0.113. The molecule has 1 atom stereocenters. The molecule has 2 aromatic rings. The van der Waals surface area contributed by atoms with Gasteiger partial charge in [-0.3, -0.25) is 4.79 Å². The first kappa shape index (κ1) is 18.5. The molecule has 1 aliphatic rings. The number of nitriles is 1. The molecule has 1 heterocycles. The Morgan fingerprint density at radius 3 is 2.73 bits per heavy atom. The third kappa shape index (κ3) is 3.91. The summed E-state index contributed by atoms with van der Waals surface area (Å²) in [6.07, 6.45) is 5.46. The Morgan fingerprint density at radius 1 is 1.23 bits per heavy atom. The molecule has 0 radical (unpaired) electrons. The van der Waals surface area contributed by atoms with E-state index >= 15 is 0 Å². The van der Waals surface area contributed by atoms with E-state index in [2.05, 4.69) is 29.7 Å². The van der Waals surface area contributed by atoms with E-state index < -0.39 is 0 Å². The fourth-order valence-corrected chi connectivity index (χ4v) is 4.69. The zero-order valence-electron chi connectivity index (χ0n) is 15.6. The molecule has 0 saturated carbocycles. The quantitative estimate of drug-likeness (QED) is 0.752. The number of hydrogen-bond acceptors (Lipinski definition) is 4. The first-order valence-electron chi connectivity index (χ1n) is 9.19. The second kappa shape index (κ2) is 7.92. The summed E-state index contributed by atoms with van der Waals surface area (Å²) in [4.78, 5) is 13.9. The van der Waals surface area contributed by atoms with Gasteiger partial charge in [0.2, 0.25) is 5.91 Å². The SMILES string of the molecule is Cc1ccc(N[C@H](C)C(=O)Nc2sc3c(c2C#N)CCCCC3)c(C)c1. The van der Waals surface area contributed by atoms with Crippen LogP contribution in [0.2, 0.25) is 0 Å². The van der Waals surface area contributed by atoms with Gasteiger partial charge in [-0.1, -0.05) is 24.1 Å². The monoisotopic (exact) mass is 367 g/mol. The number of carbonyl (C=O) groups excluding carboxylic acids is 1. The third-order valence-electron chi connectivity index (χ3n) is 4.92. The average molecular weight is 368 g/mol. The van der Waals surface area contributed by atoms with Crippen LogP contribution in [-0.4, -0.2) is 11.9 Å². The van der Waals surface area contributed by atoms with Crippen molar-refractivity contribution in [1.29, 1.82) is 5.26 Å². The van der Waals surface area contributed by atoms with Crippen molar-refractivity contribution in [2.45, 2.75) is 58.9 Å². The molecule has 0 unspecified atom stereocenters. The van der Waals surface area contributed by atoms with Gasteiger partial charge in [-0.05, 0) is 63.6 Å². The van der Waals surface area contributed by atoms with Gasteiger partial charge >= 0.3 is 0 Å². The molecular weight excluding hydrogens is 342 g/mol. The number of anilines is 2. The molecule has 0 saturated heterocycles. The molecule has 4 nitrogen and oxygen atoms in total. The number of carbonyl (C=O) groups is 1. The smallest absolute Gasteiger partial charge is 0.247 e. The Hall–Kier alpha value is -2.32. The highest BCUT2D eigenvalue weighted by atomic mass is 32.1. The zero-order chi connectivity index (χ0) is 18.7. The molecule has 1 aliphatic carbocycles. The molecule has 1 amide bonds. The number of rotatable bonds is 4. The fourth-order valence-electron chi connectivity index (χ4n) is 3.44. The average Bonchev–Trinajstić information content (AvgIpc) is 2.76. The molecule has 2 N–H and O–H groups in total. The minimum atomic E-state index is -0.384. The number of aryl methyl sites for hydroxylation is 3. The zero-order valence-corrected chi connectivity index (χ0v) is 16.4. The van der Waals surface area contributed by atoms with Gasteiger partial charge in [0, 0.05) is 10.6 Å². The van der Waals surface area contributed by atoms with Crippen LogP contribution in [0.1, 0.15) is 53.3 Å². The maximum absolute atomic E-state index is 12.7. The van der Waals surface area contributed by atoms with Crippen molar-refractivity contribution in [3.8, 4) is 6.07 Å². The number of fused-ring (bicyclic) bond motifs is 1. The lowest BCUT2D eigenvalue weighted by atomic mass is 10.1. The van der Waals surface area contributed by atoms with E-state index in [4.69, 9.17) is 0 Å². The van der Waals surface area contributed by atoms with E-state index in [0.717, 1.165) is 42.5 Å². The Morgan fingerprint density at radius 2 is 2.00 bits per heavy atom. The minimum absolute atomic E-state index is 0.113. The van der Waals surface area contributed by atoms with Gasteiger partial charge in [-0.2, -0.15) is 5.26 Å². The highest BCUT2D eigenvalue weighted by Gasteiger charge is 2.22. The largest absolute Gasteiger partial charge is 0.374 e. The number of amides is 1. The lowest BCUT2D eigenvalue weighted by molar-refractivity contribution is -0.116. The van der Waals surface area contributed by atoms with Gasteiger partial charge in [-0.25, -0.2) is 0 Å². The summed E-state index contributed by atoms with van der Waals surface area (Å²) in [5.41, 5.74) is 5.09. The number of thiophene rings is 1. The lowest BCUT2D eigenvalue weighted by Gasteiger charge is -2.17. The van der Waals surface area contributed by atoms with Crippen LogP contribution in [0.4, 0.5) is 10.7 Å². The van der Waals surface area contributed by atoms with Gasteiger partial charge in [0.05, 0.1) is 5.56 Å². The minimum Gasteiger partial charge on any atom is -0.374 e. The summed E-state index contributed by atoms with van der Waals surface area (Å²) in [6.45, 7) is 5.93. The van der Waals surface area contributed by atoms with Gasteiger partial charge in [0.15, 0.2) is 0 Å².